The van der Waals surface area contributed by atoms with Crippen LogP contribution in [0.4, 0.5) is 0 Å². The molecule has 0 aliphatic carbocycles. The minimum absolute atomic E-state index is 0.0251. The lowest BCUT2D eigenvalue weighted by Crippen LogP contribution is -2.22. The van der Waals surface area contributed by atoms with Crippen molar-refractivity contribution in [1.82, 2.24) is 5.32 Å². The number of phenols is 1. The van der Waals surface area contributed by atoms with E-state index in [-0.39, 0.29) is 18.9 Å². The maximum atomic E-state index is 10.3. The third kappa shape index (κ3) is 9.72. The number of aromatic hydroxyl groups is 1. The quantitative estimate of drug-likeness (QED) is 0.309. The summed E-state index contributed by atoms with van der Waals surface area (Å²) in [6.07, 6.45) is 5.22. The van der Waals surface area contributed by atoms with Crippen LogP contribution in [0, 0.1) is 0 Å². The van der Waals surface area contributed by atoms with Crippen LogP contribution in [0.1, 0.15) is 64.1 Å². The maximum absolute atomic E-state index is 10.3. The Bertz CT molecular complexity index is 774. The molecule has 0 amide bonds. The first-order valence-electron chi connectivity index (χ1n) is 11.9. The second-order valence-electron chi connectivity index (χ2n) is 7.49. The van der Waals surface area contributed by atoms with Gasteiger partial charge >= 0.3 is 0 Å². The summed E-state index contributed by atoms with van der Waals surface area (Å²) >= 11 is 0. The van der Waals surface area contributed by atoms with Crippen molar-refractivity contribution in [2.75, 3.05) is 26.3 Å². The molecule has 1 atom stereocenters. The molecule has 0 saturated heterocycles. The van der Waals surface area contributed by atoms with E-state index in [2.05, 4.69) is 29.6 Å². The average Bonchev–Trinajstić information content (AvgIpc) is 2.79. The maximum Gasteiger partial charge on any atom is 0.121 e. The van der Waals surface area contributed by atoms with Crippen molar-refractivity contribution in [2.24, 2.45) is 0 Å². The molecule has 0 heterocycles. The van der Waals surface area contributed by atoms with Gasteiger partial charge in [0.1, 0.15) is 5.75 Å². The number of nitrogens with one attached hydrogen (secondary N) is 1. The van der Waals surface area contributed by atoms with Gasteiger partial charge in [-0.1, -0.05) is 49.2 Å². The number of aliphatic hydroxyl groups excluding tert-OH is 2. The molecule has 2 aromatic rings. The molecule has 0 saturated carbocycles. The van der Waals surface area contributed by atoms with Gasteiger partial charge in [-0.15, -0.1) is 0 Å². The summed E-state index contributed by atoms with van der Waals surface area (Å²) in [6.45, 7) is -0.375. The second kappa shape index (κ2) is 15.0. The first-order chi connectivity index (χ1) is 15.4. The molecular formula is C25H37NO4. The number of unbranched alkanes of at least 4 members (excludes halogenated alkanes) is 3. The molecule has 0 aliphatic rings. The lowest BCUT2D eigenvalue weighted by Gasteiger charge is -2.14. The Morgan fingerprint density at radius 1 is 0.933 bits per heavy atom. The van der Waals surface area contributed by atoms with E-state index < -0.39 is 12.6 Å². The third-order valence-electron chi connectivity index (χ3n) is 5.02. The summed E-state index contributed by atoms with van der Waals surface area (Å²) in [5.74, 6) is -0.0251. The van der Waals surface area contributed by atoms with Crippen molar-refractivity contribution in [1.29, 1.82) is 0 Å². The van der Waals surface area contributed by atoms with E-state index in [4.69, 9.17) is 7.48 Å². The first kappa shape index (κ1) is 21.3. The molecule has 0 aliphatic heterocycles. The van der Waals surface area contributed by atoms with Crippen LogP contribution in [0.25, 0.3) is 0 Å². The predicted octanol–water partition coefficient (Wildman–Crippen LogP) is 4.11. The van der Waals surface area contributed by atoms with Gasteiger partial charge in [0.05, 0.1) is 12.7 Å². The molecule has 4 N–H and O–H groups in total. The summed E-state index contributed by atoms with van der Waals surface area (Å²) in [5, 5.41) is 31.9. The summed E-state index contributed by atoms with van der Waals surface area (Å²) in [7, 11) is 0. The normalized spacial score (nSPS) is 13.7. The minimum atomic E-state index is -1.57. The highest BCUT2D eigenvalue weighted by molar-refractivity contribution is 5.36. The predicted molar refractivity (Wildman–Crippen MR) is 121 cm³/mol. The number of aryl methyl sites for hydroxylation is 1. The van der Waals surface area contributed by atoms with Gasteiger partial charge in [-0.3, -0.25) is 0 Å². The van der Waals surface area contributed by atoms with Crippen molar-refractivity contribution < 1.29 is 22.8 Å². The van der Waals surface area contributed by atoms with Crippen molar-refractivity contribution in [3.8, 4) is 5.75 Å². The highest BCUT2D eigenvalue weighted by Gasteiger charge is 2.09. The molecule has 30 heavy (non-hydrogen) atoms. The average molecular weight is 418 g/mol. The highest BCUT2D eigenvalue weighted by Crippen LogP contribution is 2.22. The molecule has 0 fully saturated rings. The van der Waals surface area contributed by atoms with Gasteiger partial charge in [-0.05, 0) is 61.9 Å². The zero-order valence-corrected chi connectivity index (χ0v) is 17.7. The summed E-state index contributed by atoms with van der Waals surface area (Å²) in [5.41, 5.74) is 2.22. The lowest BCUT2D eigenvalue weighted by molar-refractivity contribution is 0.126. The van der Waals surface area contributed by atoms with Gasteiger partial charge in [0.25, 0.3) is 0 Å². The number of aliphatic hydroxyl groups is 2. The van der Waals surface area contributed by atoms with Gasteiger partial charge < -0.3 is 25.4 Å². The molecule has 0 bridgehead atoms. The monoisotopic (exact) mass is 417 g/mol. The molecule has 0 radical (unpaired) electrons. The Morgan fingerprint density at radius 3 is 2.43 bits per heavy atom. The van der Waals surface area contributed by atoms with E-state index in [1.807, 2.05) is 6.07 Å². The number of hydrogen-bond acceptors (Lipinski definition) is 5. The van der Waals surface area contributed by atoms with Crippen LogP contribution < -0.4 is 5.32 Å². The van der Waals surface area contributed by atoms with Crippen LogP contribution in [-0.2, 0) is 17.8 Å². The van der Waals surface area contributed by atoms with E-state index in [1.54, 1.807) is 6.07 Å². The van der Waals surface area contributed by atoms with Crippen LogP contribution in [0.15, 0.2) is 48.5 Å². The molecule has 1 unspecified atom stereocenters. The molecule has 5 heteroatoms. The SMILES string of the molecule is [2H]C([2H])(CCCCCOCCCCc1ccccc1)NCC(O)c1ccc(O)c(CO)c1. The first-order valence-corrected chi connectivity index (χ1v) is 10.9. The zero-order chi connectivity index (χ0) is 23.2. The molecule has 166 valence electrons. The van der Waals surface area contributed by atoms with Gasteiger partial charge in [-0.25, -0.2) is 0 Å². The lowest BCUT2D eigenvalue weighted by atomic mass is 10.1. The van der Waals surface area contributed by atoms with E-state index in [0.717, 1.165) is 45.1 Å². The van der Waals surface area contributed by atoms with Crippen LogP contribution in [0.3, 0.4) is 0 Å². The molecule has 2 aromatic carbocycles. The topological polar surface area (TPSA) is 82.0 Å². The van der Waals surface area contributed by atoms with Crippen LogP contribution >= 0.6 is 0 Å². The number of hydrogen-bond donors (Lipinski definition) is 4. The zero-order valence-electron chi connectivity index (χ0n) is 19.7. The van der Waals surface area contributed by atoms with Crippen molar-refractivity contribution in [3.63, 3.8) is 0 Å². The van der Waals surface area contributed by atoms with E-state index >= 15 is 0 Å². The third-order valence-corrected chi connectivity index (χ3v) is 5.02. The smallest absolute Gasteiger partial charge is 0.121 e. The molecular weight excluding hydrogens is 378 g/mol. The van der Waals surface area contributed by atoms with E-state index in [1.165, 1.54) is 17.7 Å². The Labute approximate surface area is 183 Å². The summed E-state index contributed by atoms with van der Waals surface area (Å²) < 4.78 is 21.9. The minimum Gasteiger partial charge on any atom is -0.508 e. The van der Waals surface area contributed by atoms with Gasteiger partial charge in [-0.2, -0.15) is 0 Å². The Morgan fingerprint density at radius 2 is 1.67 bits per heavy atom. The Kier molecular flexibility index (Phi) is 10.6. The molecule has 0 aromatic heterocycles. The van der Waals surface area contributed by atoms with Crippen LogP contribution in [0.2, 0.25) is 0 Å². The number of rotatable bonds is 16. The fraction of sp³-hybridized carbons (Fsp3) is 0.520. The molecule has 2 rings (SSSR count). The standard InChI is InChI=1S/C25H37NO4/c27-20-23-18-22(13-14-24(23)28)25(29)19-26-15-7-1-2-8-16-30-17-9-6-12-21-10-4-3-5-11-21/h3-5,10-11,13-14,18,25-29H,1-2,6-9,12,15-17,19-20H2/i15D2. The Balaban J connectivity index is 1.51. The summed E-state index contributed by atoms with van der Waals surface area (Å²) in [6, 6.07) is 15.0. The van der Waals surface area contributed by atoms with Crippen molar-refractivity contribution in [2.45, 2.75) is 57.7 Å². The van der Waals surface area contributed by atoms with Gasteiger partial charge in [0.2, 0.25) is 0 Å². The summed E-state index contributed by atoms with van der Waals surface area (Å²) in [4.78, 5) is 0. The number of ether oxygens (including phenoxy) is 1. The molecule has 0 spiro atoms. The molecule has 5 nitrogen and oxygen atoms in total. The van der Waals surface area contributed by atoms with Crippen LogP contribution in [0.5, 0.6) is 5.75 Å². The number of benzene rings is 2. The van der Waals surface area contributed by atoms with Gasteiger partial charge in [0.15, 0.2) is 0 Å². The highest BCUT2D eigenvalue weighted by atomic mass is 16.5. The fourth-order valence-corrected chi connectivity index (χ4v) is 3.19. The largest absolute Gasteiger partial charge is 0.508 e. The second-order valence-corrected chi connectivity index (χ2v) is 7.49. The van der Waals surface area contributed by atoms with Crippen LogP contribution in [-0.4, -0.2) is 41.6 Å². The van der Waals surface area contributed by atoms with E-state index in [0.29, 0.717) is 24.2 Å². The van der Waals surface area contributed by atoms with Gasteiger partial charge in [0, 0.05) is 28.1 Å². The van der Waals surface area contributed by atoms with Crippen molar-refractivity contribution >= 4 is 0 Å². The fourth-order valence-electron chi connectivity index (χ4n) is 3.19. The van der Waals surface area contributed by atoms with Crippen molar-refractivity contribution in [3.05, 3.63) is 65.2 Å². The van der Waals surface area contributed by atoms with E-state index in [9.17, 15) is 15.3 Å². The Hall–Kier alpha value is -1.92.